The Labute approximate surface area is 157 Å². The molecule has 0 saturated carbocycles. The van der Waals surface area contributed by atoms with Crippen LogP contribution >= 0.6 is 11.8 Å². The van der Waals surface area contributed by atoms with Gasteiger partial charge < -0.3 is 9.64 Å². The number of fused-ring (bicyclic) bond motifs is 1. The number of aryl methyl sites for hydroxylation is 2. The summed E-state index contributed by atoms with van der Waals surface area (Å²) in [6.07, 6.45) is -0.00271. The first-order valence-corrected chi connectivity index (χ1v) is 9.46. The summed E-state index contributed by atoms with van der Waals surface area (Å²) >= 11 is 1.21. The highest BCUT2D eigenvalue weighted by atomic mass is 32.2. The van der Waals surface area contributed by atoms with E-state index in [1.54, 1.807) is 11.8 Å². The number of ether oxygens (including phenoxy) is 1. The van der Waals surface area contributed by atoms with Gasteiger partial charge in [-0.1, -0.05) is 30.0 Å². The second-order valence-electron chi connectivity index (χ2n) is 6.22. The van der Waals surface area contributed by atoms with Crippen molar-refractivity contribution in [3.05, 3.63) is 47.3 Å². The highest BCUT2D eigenvalue weighted by Gasteiger charge is 2.29. The molecular formula is C19H21N3O3S. The number of thioether (sulfide) groups is 1. The fraction of sp³-hybridized carbons (Fsp3) is 0.368. The first kappa shape index (κ1) is 18.4. The van der Waals surface area contributed by atoms with E-state index in [4.69, 9.17) is 4.74 Å². The van der Waals surface area contributed by atoms with Crippen molar-refractivity contribution in [2.45, 2.75) is 38.5 Å². The molecule has 0 unspecified atom stereocenters. The van der Waals surface area contributed by atoms with E-state index >= 15 is 0 Å². The summed E-state index contributed by atoms with van der Waals surface area (Å²) in [5.74, 6) is -0.584. The number of benzene rings is 1. The molecule has 2 heterocycles. The predicted octanol–water partition coefficient (Wildman–Crippen LogP) is 2.71. The maximum Gasteiger partial charge on any atom is 0.317 e. The summed E-state index contributed by atoms with van der Waals surface area (Å²) in [6, 6.07) is 9.67. The Morgan fingerprint density at radius 1 is 1.23 bits per heavy atom. The lowest BCUT2D eigenvalue weighted by molar-refractivity contribution is -0.151. The van der Waals surface area contributed by atoms with Crippen molar-refractivity contribution in [3.8, 4) is 0 Å². The number of para-hydroxylation sites is 1. The molecule has 1 aliphatic heterocycles. The van der Waals surface area contributed by atoms with Crippen molar-refractivity contribution in [2.75, 3.05) is 17.2 Å². The van der Waals surface area contributed by atoms with Crippen LogP contribution in [0.15, 0.2) is 35.5 Å². The molecule has 136 valence electrons. The predicted molar refractivity (Wildman–Crippen MR) is 100 cm³/mol. The first-order valence-electron chi connectivity index (χ1n) is 8.48. The van der Waals surface area contributed by atoms with Crippen molar-refractivity contribution >= 4 is 29.3 Å². The van der Waals surface area contributed by atoms with Gasteiger partial charge in [0.15, 0.2) is 11.3 Å². The lowest BCUT2D eigenvalue weighted by atomic mass is 10.2. The van der Waals surface area contributed by atoms with Gasteiger partial charge in [0.05, 0.1) is 5.75 Å². The highest BCUT2D eigenvalue weighted by Crippen LogP contribution is 2.28. The number of carbonyl (C=O) groups excluding carboxylic acids is 2. The Morgan fingerprint density at radius 2 is 1.92 bits per heavy atom. The van der Waals surface area contributed by atoms with E-state index in [-0.39, 0.29) is 11.7 Å². The lowest BCUT2D eigenvalue weighted by Crippen LogP contribution is -2.39. The molecule has 0 bridgehead atoms. The van der Waals surface area contributed by atoms with E-state index in [2.05, 4.69) is 9.97 Å². The molecule has 7 heteroatoms. The third-order valence-corrected chi connectivity index (χ3v) is 4.91. The van der Waals surface area contributed by atoms with Crippen molar-refractivity contribution in [2.24, 2.45) is 0 Å². The van der Waals surface area contributed by atoms with Crippen LogP contribution in [-0.4, -0.2) is 40.2 Å². The Balaban J connectivity index is 1.55. The molecule has 1 aromatic carbocycles. The van der Waals surface area contributed by atoms with Crippen LogP contribution in [0.25, 0.3) is 0 Å². The third kappa shape index (κ3) is 4.22. The number of amides is 1. The SMILES string of the molecule is Cc1cc(C)nc(SCC(=O)O[C@H](C)C(=O)N2CCc3ccccc32)n1. The Kier molecular flexibility index (Phi) is 5.56. The highest BCUT2D eigenvalue weighted by molar-refractivity contribution is 7.99. The molecule has 1 atom stereocenters. The number of carbonyl (C=O) groups is 2. The van der Waals surface area contributed by atoms with Crippen LogP contribution in [0.3, 0.4) is 0 Å². The molecule has 1 aliphatic rings. The summed E-state index contributed by atoms with van der Waals surface area (Å²) in [7, 11) is 0. The van der Waals surface area contributed by atoms with Crippen LogP contribution in [-0.2, 0) is 20.7 Å². The summed E-state index contributed by atoms with van der Waals surface area (Å²) in [4.78, 5) is 35.0. The molecule has 0 spiro atoms. The number of aromatic nitrogens is 2. The maximum absolute atomic E-state index is 12.6. The summed E-state index contributed by atoms with van der Waals surface area (Å²) in [6.45, 7) is 5.99. The van der Waals surface area contributed by atoms with Gasteiger partial charge in [0, 0.05) is 23.6 Å². The second-order valence-corrected chi connectivity index (χ2v) is 7.17. The fourth-order valence-corrected chi connectivity index (χ4v) is 3.68. The molecule has 1 aromatic heterocycles. The molecular weight excluding hydrogens is 350 g/mol. The van der Waals surface area contributed by atoms with E-state index in [9.17, 15) is 9.59 Å². The number of esters is 1. The second kappa shape index (κ2) is 7.86. The van der Waals surface area contributed by atoms with Crippen LogP contribution in [0, 0.1) is 13.8 Å². The largest absolute Gasteiger partial charge is 0.452 e. The van der Waals surface area contributed by atoms with Crippen molar-refractivity contribution < 1.29 is 14.3 Å². The van der Waals surface area contributed by atoms with Gasteiger partial charge in [0.25, 0.3) is 5.91 Å². The van der Waals surface area contributed by atoms with Crippen molar-refractivity contribution in [1.82, 2.24) is 9.97 Å². The van der Waals surface area contributed by atoms with Gasteiger partial charge in [0.1, 0.15) is 0 Å². The van der Waals surface area contributed by atoms with Gasteiger partial charge in [-0.05, 0) is 44.9 Å². The smallest absolute Gasteiger partial charge is 0.317 e. The number of nitrogens with zero attached hydrogens (tertiary/aromatic N) is 3. The zero-order chi connectivity index (χ0) is 18.7. The molecule has 26 heavy (non-hydrogen) atoms. The van der Waals surface area contributed by atoms with E-state index in [1.807, 2.05) is 44.2 Å². The number of hydrogen-bond donors (Lipinski definition) is 0. The van der Waals surface area contributed by atoms with Crippen LogP contribution < -0.4 is 4.90 Å². The molecule has 6 nitrogen and oxygen atoms in total. The van der Waals surface area contributed by atoms with Gasteiger partial charge in [0.2, 0.25) is 0 Å². The maximum atomic E-state index is 12.6. The Bertz CT molecular complexity index is 820. The minimum absolute atomic E-state index is 0.0666. The van der Waals surface area contributed by atoms with Crippen molar-refractivity contribution in [1.29, 1.82) is 0 Å². The van der Waals surface area contributed by atoms with E-state index in [1.165, 1.54) is 11.8 Å². The molecule has 0 N–H and O–H groups in total. The first-order chi connectivity index (χ1) is 12.4. The van der Waals surface area contributed by atoms with Gasteiger partial charge in [-0.25, -0.2) is 9.97 Å². The lowest BCUT2D eigenvalue weighted by Gasteiger charge is -2.21. The monoisotopic (exact) mass is 371 g/mol. The van der Waals surface area contributed by atoms with E-state index in [0.717, 1.165) is 29.1 Å². The van der Waals surface area contributed by atoms with Gasteiger partial charge >= 0.3 is 5.97 Å². The fourth-order valence-electron chi connectivity index (χ4n) is 2.95. The van der Waals surface area contributed by atoms with Crippen LogP contribution in [0.4, 0.5) is 5.69 Å². The Hall–Kier alpha value is -2.41. The zero-order valence-electron chi connectivity index (χ0n) is 15.1. The molecule has 2 aromatic rings. The summed E-state index contributed by atoms with van der Waals surface area (Å²) in [5, 5.41) is 0.534. The average Bonchev–Trinajstić information content (AvgIpc) is 3.02. The zero-order valence-corrected chi connectivity index (χ0v) is 15.9. The molecule has 1 amide bonds. The van der Waals surface area contributed by atoms with Crippen LogP contribution in [0.5, 0.6) is 0 Å². The standard InChI is InChI=1S/C19H21N3O3S/c1-12-10-13(2)21-19(20-12)26-11-17(23)25-14(3)18(24)22-9-8-15-6-4-5-7-16(15)22/h4-7,10,14H,8-9,11H2,1-3H3/t14-/m1/s1. The topological polar surface area (TPSA) is 72.4 Å². The van der Waals surface area contributed by atoms with Crippen LogP contribution in [0.1, 0.15) is 23.9 Å². The molecule has 0 fully saturated rings. The van der Waals surface area contributed by atoms with Crippen molar-refractivity contribution in [3.63, 3.8) is 0 Å². The van der Waals surface area contributed by atoms with Gasteiger partial charge in [-0.2, -0.15) is 0 Å². The molecule has 0 saturated heterocycles. The quantitative estimate of drug-likeness (QED) is 0.457. The minimum Gasteiger partial charge on any atom is -0.452 e. The number of rotatable bonds is 5. The van der Waals surface area contributed by atoms with Gasteiger partial charge in [-0.3, -0.25) is 9.59 Å². The van der Waals surface area contributed by atoms with E-state index < -0.39 is 12.1 Å². The summed E-state index contributed by atoms with van der Waals surface area (Å²) in [5.41, 5.74) is 3.74. The average molecular weight is 371 g/mol. The van der Waals surface area contributed by atoms with Crippen LogP contribution in [0.2, 0.25) is 0 Å². The van der Waals surface area contributed by atoms with E-state index in [0.29, 0.717) is 11.7 Å². The molecule has 3 rings (SSSR count). The normalized spacial score (nSPS) is 14.0. The number of hydrogen-bond acceptors (Lipinski definition) is 6. The number of anilines is 1. The molecule has 0 radical (unpaired) electrons. The Morgan fingerprint density at radius 3 is 2.65 bits per heavy atom. The third-order valence-electron chi connectivity index (χ3n) is 4.09. The molecule has 0 aliphatic carbocycles. The van der Waals surface area contributed by atoms with Gasteiger partial charge in [-0.15, -0.1) is 0 Å². The summed E-state index contributed by atoms with van der Waals surface area (Å²) < 4.78 is 5.32. The minimum atomic E-state index is -0.825.